The van der Waals surface area contributed by atoms with Gasteiger partial charge in [-0.15, -0.1) is 0 Å². The lowest BCUT2D eigenvalue weighted by molar-refractivity contribution is 0.115. The zero-order valence-electron chi connectivity index (χ0n) is 10.3. The molecule has 0 saturated heterocycles. The molecule has 0 bridgehead atoms. The van der Waals surface area contributed by atoms with E-state index >= 15 is 0 Å². The first-order chi connectivity index (χ1) is 7.90. The van der Waals surface area contributed by atoms with E-state index < -0.39 is 0 Å². The second kappa shape index (κ2) is 7.01. The third kappa shape index (κ3) is 3.35. The molecule has 1 N–H and O–H groups in total. The van der Waals surface area contributed by atoms with E-state index in [4.69, 9.17) is 4.84 Å². The molecule has 0 unspecified atom stereocenters. The lowest BCUT2D eigenvalue weighted by atomic mass is 10.1. The summed E-state index contributed by atoms with van der Waals surface area (Å²) in [5, 5.41) is 0. The first-order valence-corrected chi connectivity index (χ1v) is 5.91. The molecule has 0 atom stereocenters. The molecule has 0 radical (unpaired) electrons. The number of hydroxylamine groups is 1. The summed E-state index contributed by atoms with van der Waals surface area (Å²) in [6, 6.07) is 8.43. The second-order valence-electron chi connectivity index (χ2n) is 3.33. The molecular formula is C13H20N2O. The van der Waals surface area contributed by atoms with Crippen LogP contribution in [-0.4, -0.2) is 12.6 Å². The third-order valence-electron chi connectivity index (χ3n) is 2.22. The predicted octanol–water partition coefficient (Wildman–Crippen LogP) is 2.90. The van der Waals surface area contributed by atoms with Crippen molar-refractivity contribution < 1.29 is 4.84 Å². The molecule has 1 heterocycles. The number of hydrogen-bond acceptors (Lipinski definition) is 3. The van der Waals surface area contributed by atoms with Crippen molar-refractivity contribution in [2.75, 3.05) is 6.73 Å². The van der Waals surface area contributed by atoms with Crippen LogP contribution in [0.25, 0.3) is 0 Å². The van der Waals surface area contributed by atoms with Crippen LogP contribution in [0.3, 0.4) is 0 Å². The highest BCUT2D eigenvalue weighted by Gasteiger charge is 2.07. The van der Waals surface area contributed by atoms with Gasteiger partial charge in [-0.05, 0) is 12.0 Å². The Bertz CT molecular complexity index is 330. The number of aryl methyl sites for hydroxylation is 1. The van der Waals surface area contributed by atoms with Crippen molar-refractivity contribution in [1.82, 2.24) is 5.48 Å². The Morgan fingerprint density at radius 2 is 1.94 bits per heavy atom. The molecule has 1 aliphatic heterocycles. The first-order valence-electron chi connectivity index (χ1n) is 5.91. The van der Waals surface area contributed by atoms with Gasteiger partial charge in [0.25, 0.3) is 0 Å². The average Bonchev–Trinajstić information content (AvgIpc) is 2.87. The van der Waals surface area contributed by atoms with Crippen LogP contribution in [0.1, 0.15) is 38.3 Å². The smallest absolute Gasteiger partial charge is 0.167 e. The lowest BCUT2D eigenvalue weighted by Gasteiger charge is -2.02. The molecule has 0 aromatic heterocycles. The molecule has 1 aromatic carbocycles. The molecule has 1 aromatic rings. The van der Waals surface area contributed by atoms with Crippen LogP contribution in [0.15, 0.2) is 29.3 Å². The summed E-state index contributed by atoms with van der Waals surface area (Å²) in [5.74, 6) is 0.827. The van der Waals surface area contributed by atoms with Crippen LogP contribution in [0.2, 0.25) is 0 Å². The molecule has 0 fully saturated rings. The molecule has 0 saturated carbocycles. The number of benzene rings is 1. The van der Waals surface area contributed by atoms with Crippen molar-refractivity contribution in [3.05, 3.63) is 35.4 Å². The summed E-state index contributed by atoms with van der Waals surface area (Å²) in [7, 11) is 0. The van der Waals surface area contributed by atoms with Gasteiger partial charge in [-0.3, -0.25) is 4.84 Å². The Morgan fingerprint density at radius 1 is 1.25 bits per heavy atom. The van der Waals surface area contributed by atoms with Gasteiger partial charge in [0.05, 0.1) is 0 Å². The topological polar surface area (TPSA) is 33.6 Å². The molecule has 16 heavy (non-hydrogen) atoms. The van der Waals surface area contributed by atoms with Crippen molar-refractivity contribution in [2.24, 2.45) is 4.99 Å². The summed E-state index contributed by atoms with van der Waals surface area (Å²) in [6.45, 7) is 6.59. The van der Waals surface area contributed by atoms with Gasteiger partial charge < -0.3 is 0 Å². The number of amidine groups is 1. The molecule has 0 aliphatic carbocycles. The van der Waals surface area contributed by atoms with Crippen LogP contribution >= 0.6 is 0 Å². The first kappa shape index (κ1) is 12.7. The van der Waals surface area contributed by atoms with E-state index in [2.05, 4.69) is 41.7 Å². The Hall–Kier alpha value is -1.35. The van der Waals surface area contributed by atoms with Crippen LogP contribution in [0, 0.1) is 0 Å². The van der Waals surface area contributed by atoms with Crippen LogP contribution < -0.4 is 5.48 Å². The quantitative estimate of drug-likeness (QED) is 0.849. The SMILES string of the molecule is CC.CCCc1ccc(C2=NCON2)cc1. The predicted molar refractivity (Wildman–Crippen MR) is 67.4 cm³/mol. The zero-order chi connectivity index (χ0) is 11.8. The molecule has 1 aliphatic rings. The summed E-state index contributed by atoms with van der Waals surface area (Å²) >= 11 is 0. The number of rotatable bonds is 3. The van der Waals surface area contributed by atoms with Crippen LogP contribution in [-0.2, 0) is 11.3 Å². The highest BCUT2D eigenvalue weighted by Crippen LogP contribution is 2.08. The molecule has 0 spiro atoms. The minimum atomic E-state index is 0.409. The number of nitrogens with one attached hydrogen (secondary N) is 1. The maximum Gasteiger partial charge on any atom is 0.167 e. The number of hydrogen-bond donors (Lipinski definition) is 1. The van der Waals surface area contributed by atoms with Gasteiger partial charge in [0, 0.05) is 5.56 Å². The van der Waals surface area contributed by atoms with E-state index in [0.717, 1.165) is 17.8 Å². The van der Waals surface area contributed by atoms with Gasteiger partial charge in [-0.1, -0.05) is 51.5 Å². The molecular weight excluding hydrogens is 200 g/mol. The summed E-state index contributed by atoms with van der Waals surface area (Å²) < 4.78 is 0. The summed E-state index contributed by atoms with van der Waals surface area (Å²) in [5.41, 5.74) is 5.23. The van der Waals surface area contributed by atoms with Gasteiger partial charge in [0.2, 0.25) is 0 Å². The van der Waals surface area contributed by atoms with Crippen molar-refractivity contribution >= 4 is 5.84 Å². The summed E-state index contributed by atoms with van der Waals surface area (Å²) in [6.07, 6.45) is 2.32. The molecule has 3 nitrogen and oxygen atoms in total. The standard InChI is InChI=1S/C11H14N2O.C2H6/c1-2-3-9-4-6-10(7-5-9)11-12-8-14-13-11;1-2/h4-7H,2-3,8H2,1H3,(H,12,13);1-2H3. The zero-order valence-corrected chi connectivity index (χ0v) is 10.3. The normalized spacial score (nSPS) is 13.6. The van der Waals surface area contributed by atoms with E-state index in [0.29, 0.717) is 6.73 Å². The fourth-order valence-electron chi connectivity index (χ4n) is 1.50. The lowest BCUT2D eigenvalue weighted by Crippen LogP contribution is -2.17. The van der Waals surface area contributed by atoms with E-state index in [1.54, 1.807) is 0 Å². The van der Waals surface area contributed by atoms with E-state index in [9.17, 15) is 0 Å². The van der Waals surface area contributed by atoms with Gasteiger partial charge >= 0.3 is 0 Å². The van der Waals surface area contributed by atoms with Crippen LogP contribution in [0.4, 0.5) is 0 Å². The van der Waals surface area contributed by atoms with Gasteiger partial charge in [-0.25, -0.2) is 10.5 Å². The molecule has 88 valence electrons. The van der Waals surface area contributed by atoms with Gasteiger partial charge in [0.15, 0.2) is 12.6 Å². The second-order valence-corrected chi connectivity index (χ2v) is 3.33. The van der Waals surface area contributed by atoms with E-state index in [-0.39, 0.29) is 0 Å². The fourth-order valence-corrected chi connectivity index (χ4v) is 1.50. The average molecular weight is 220 g/mol. The van der Waals surface area contributed by atoms with Crippen molar-refractivity contribution in [2.45, 2.75) is 33.6 Å². The molecule has 2 rings (SSSR count). The third-order valence-corrected chi connectivity index (χ3v) is 2.22. The summed E-state index contributed by atoms with van der Waals surface area (Å²) in [4.78, 5) is 9.10. The Labute approximate surface area is 97.5 Å². The minimum absolute atomic E-state index is 0.409. The minimum Gasteiger partial charge on any atom is -0.251 e. The molecule has 0 amide bonds. The van der Waals surface area contributed by atoms with E-state index in [1.807, 2.05) is 13.8 Å². The number of nitrogens with zero attached hydrogens (tertiary/aromatic N) is 1. The maximum atomic E-state index is 4.94. The van der Waals surface area contributed by atoms with Crippen LogP contribution in [0.5, 0.6) is 0 Å². The maximum absolute atomic E-state index is 4.94. The van der Waals surface area contributed by atoms with Gasteiger partial charge in [0.1, 0.15) is 0 Å². The van der Waals surface area contributed by atoms with E-state index in [1.165, 1.54) is 12.0 Å². The Morgan fingerprint density at radius 3 is 2.44 bits per heavy atom. The van der Waals surface area contributed by atoms with Crippen molar-refractivity contribution in [3.8, 4) is 0 Å². The highest BCUT2D eigenvalue weighted by molar-refractivity contribution is 5.98. The van der Waals surface area contributed by atoms with Gasteiger partial charge in [-0.2, -0.15) is 0 Å². The largest absolute Gasteiger partial charge is 0.251 e. The Balaban J connectivity index is 0.000000606. The fraction of sp³-hybridized carbons (Fsp3) is 0.462. The van der Waals surface area contributed by atoms with Crippen molar-refractivity contribution in [3.63, 3.8) is 0 Å². The Kier molecular flexibility index (Phi) is 5.57. The van der Waals surface area contributed by atoms with Crippen molar-refractivity contribution in [1.29, 1.82) is 0 Å². The highest BCUT2D eigenvalue weighted by atomic mass is 16.7. The number of aliphatic imine (C=N–C) groups is 1. The molecule has 3 heteroatoms. The monoisotopic (exact) mass is 220 g/mol.